The highest BCUT2D eigenvalue weighted by Gasteiger charge is 2.07. The monoisotopic (exact) mass is 320 g/mol. The van der Waals surface area contributed by atoms with Gasteiger partial charge in [0, 0.05) is 0 Å². The van der Waals surface area contributed by atoms with Crippen molar-refractivity contribution in [2.75, 3.05) is 26.4 Å². The van der Waals surface area contributed by atoms with Crippen molar-refractivity contribution in [3.05, 3.63) is 0 Å². The van der Waals surface area contributed by atoms with Crippen LogP contribution < -0.4 is 0 Å². The molecule has 136 valence electrons. The molecule has 0 rings (SSSR count). The van der Waals surface area contributed by atoms with Gasteiger partial charge in [-0.15, -0.1) is 0 Å². The van der Waals surface area contributed by atoms with E-state index in [1.165, 1.54) is 51.4 Å². The van der Waals surface area contributed by atoms with E-state index in [1.807, 2.05) is 0 Å². The predicted molar refractivity (Wildman–Crippen MR) is 93.3 cm³/mol. The molecule has 0 fully saturated rings. The molecular weight excluding hydrogens is 280 g/mol. The van der Waals surface area contributed by atoms with Crippen molar-refractivity contribution in [1.29, 1.82) is 0 Å². The summed E-state index contributed by atoms with van der Waals surface area (Å²) in [6, 6.07) is 0. The molecule has 0 heterocycles. The van der Waals surface area contributed by atoms with Crippen molar-refractivity contribution in [3.8, 4) is 0 Å². The molecule has 0 aliphatic carbocycles. The summed E-state index contributed by atoms with van der Waals surface area (Å²) in [6.07, 6.45) is 11.3. The van der Waals surface area contributed by atoms with Crippen LogP contribution in [-0.4, -0.2) is 48.8 Å². The summed E-state index contributed by atoms with van der Waals surface area (Å²) in [5.41, 5.74) is 0. The maximum atomic E-state index is 8.09. The van der Waals surface area contributed by atoms with Crippen LogP contribution in [0.4, 0.5) is 0 Å². The molecule has 4 heteroatoms. The highest BCUT2D eigenvalue weighted by atomic mass is 16.5. The third kappa shape index (κ3) is 22.1. The summed E-state index contributed by atoms with van der Waals surface area (Å²) in [7, 11) is 0. The van der Waals surface area contributed by atoms with Gasteiger partial charge in [0.05, 0.1) is 38.6 Å². The molecule has 0 radical (unpaired) electrons. The highest BCUT2D eigenvalue weighted by molar-refractivity contribution is 4.57. The van der Waals surface area contributed by atoms with E-state index < -0.39 is 0 Å². The zero-order valence-electron chi connectivity index (χ0n) is 15.4. The Hall–Kier alpha value is -0.160. The molecule has 2 unspecified atom stereocenters. The first-order valence-corrected chi connectivity index (χ1v) is 9.07. The number of unbranched alkanes of at least 4 members (excludes halogenated alkanes) is 4. The number of hydrogen-bond donors (Lipinski definition) is 2. The minimum absolute atomic E-state index is 0.0278. The smallest absolute Gasteiger partial charge is 0.0698 e. The number of aliphatic hydroxyl groups is 2. The van der Waals surface area contributed by atoms with Gasteiger partial charge in [0.2, 0.25) is 0 Å². The minimum Gasteiger partial charge on any atom is -0.394 e. The molecule has 0 aromatic rings. The molecule has 0 aromatic heterocycles. The van der Waals surface area contributed by atoms with Crippen molar-refractivity contribution in [3.63, 3.8) is 0 Å². The fourth-order valence-electron chi connectivity index (χ4n) is 2.13. The van der Waals surface area contributed by atoms with Crippen LogP contribution in [0.2, 0.25) is 0 Å². The minimum atomic E-state index is 0.0278. The third-order valence-electron chi connectivity index (χ3n) is 3.36. The van der Waals surface area contributed by atoms with E-state index >= 15 is 0 Å². The Kier molecular flexibility index (Phi) is 22.8. The van der Waals surface area contributed by atoms with Crippen LogP contribution in [-0.2, 0) is 9.47 Å². The summed E-state index contributed by atoms with van der Waals surface area (Å²) < 4.78 is 10.6. The van der Waals surface area contributed by atoms with Crippen LogP contribution >= 0.6 is 0 Å². The van der Waals surface area contributed by atoms with Gasteiger partial charge in [-0.3, -0.25) is 0 Å². The van der Waals surface area contributed by atoms with Crippen molar-refractivity contribution in [1.82, 2.24) is 0 Å². The molecule has 0 saturated carbocycles. The van der Waals surface area contributed by atoms with Gasteiger partial charge < -0.3 is 19.7 Å². The second-order valence-corrected chi connectivity index (χ2v) is 5.81. The molecule has 0 saturated heterocycles. The van der Waals surface area contributed by atoms with Crippen LogP contribution in [0.3, 0.4) is 0 Å². The lowest BCUT2D eigenvalue weighted by molar-refractivity contribution is -0.00220. The molecule has 4 nitrogen and oxygen atoms in total. The fraction of sp³-hybridized carbons (Fsp3) is 1.00. The summed E-state index contributed by atoms with van der Waals surface area (Å²) in [6.45, 7) is 9.62. The van der Waals surface area contributed by atoms with Gasteiger partial charge in [0.1, 0.15) is 0 Å². The van der Waals surface area contributed by atoms with Gasteiger partial charge in [0.25, 0.3) is 0 Å². The largest absolute Gasteiger partial charge is 0.394 e. The Balaban J connectivity index is 0. The van der Waals surface area contributed by atoms with Gasteiger partial charge >= 0.3 is 0 Å². The second kappa shape index (κ2) is 20.8. The Morgan fingerprint density at radius 1 is 0.727 bits per heavy atom. The Morgan fingerprint density at radius 3 is 1.45 bits per heavy atom. The van der Waals surface area contributed by atoms with E-state index in [-0.39, 0.29) is 13.2 Å². The molecule has 0 amide bonds. The number of ether oxygens (including phenoxy) is 2. The number of hydrogen-bond acceptors (Lipinski definition) is 4. The number of aliphatic hydroxyl groups excluding tert-OH is 2. The first-order valence-electron chi connectivity index (χ1n) is 9.07. The molecule has 2 N–H and O–H groups in total. The second-order valence-electron chi connectivity index (χ2n) is 5.81. The van der Waals surface area contributed by atoms with Gasteiger partial charge in [-0.2, -0.15) is 0 Å². The summed E-state index contributed by atoms with van der Waals surface area (Å²) in [4.78, 5) is 0. The lowest BCUT2D eigenvalue weighted by Crippen LogP contribution is -2.17. The van der Waals surface area contributed by atoms with Gasteiger partial charge in [0.15, 0.2) is 0 Å². The molecular formula is C18H40O4. The summed E-state index contributed by atoms with van der Waals surface area (Å²) in [5, 5.41) is 16.2. The van der Waals surface area contributed by atoms with E-state index in [9.17, 15) is 0 Å². The highest BCUT2D eigenvalue weighted by Crippen LogP contribution is 2.12. The molecule has 0 aromatic carbocycles. The van der Waals surface area contributed by atoms with E-state index in [0.717, 1.165) is 0 Å². The van der Waals surface area contributed by atoms with E-state index in [2.05, 4.69) is 32.4 Å². The standard InChI is InChI=1S/C14H30O.C4H10O3/c1-5-7-9-11-13(3)15-14(4)12-10-8-6-2;5-1-3-7-4-2-6/h13-14H,5-12H2,1-4H3;5-6H,1-4H2. The average Bonchev–Trinajstić information content (AvgIpc) is 2.49. The zero-order chi connectivity index (χ0) is 17.1. The van der Waals surface area contributed by atoms with Crippen LogP contribution in [0, 0.1) is 0 Å². The van der Waals surface area contributed by atoms with Gasteiger partial charge in [-0.05, 0) is 26.7 Å². The molecule has 0 aliphatic heterocycles. The topological polar surface area (TPSA) is 58.9 Å². The van der Waals surface area contributed by atoms with Crippen molar-refractivity contribution in [2.45, 2.75) is 91.3 Å². The normalized spacial score (nSPS) is 13.4. The molecule has 0 spiro atoms. The van der Waals surface area contributed by atoms with Crippen LogP contribution in [0.15, 0.2) is 0 Å². The Labute approximate surface area is 138 Å². The van der Waals surface area contributed by atoms with E-state index in [4.69, 9.17) is 14.9 Å². The number of rotatable bonds is 14. The lowest BCUT2D eigenvalue weighted by Gasteiger charge is -2.19. The fourth-order valence-corrected chi connectivity index (χ4v) is 2.13. The quantitative estimate of drug-likeness (QED) is 0.476. The molecule has 0 bridgehead atoms. The van der Waals surface area contributed by atoms with Crippen molar-refractivity contribution >= 4 is 0 Å². The zero-order valence-corrected chi connectivity index (χ0v) is 15.4. The van der Waals surface area contributed by atoms with Crippen LogP contribution in [0.1, 0.15) is 79.1 Å². The summed E-state index contributed by atoms with van der Waals surface area (Å²) in [5.74, 6) is 0. The Morgan fingerprint density at radius 2 is 1.14 bits per heavy atom. The third-order valence-corrected chi connectivity index (χ3v) is 3.36. The van der Waals surface area contributed by atoms with Crippen LogP contribution in [0.5, 0.6) is 0 Å². The van der Waals surface area contributed by atoms with Crippen LogP contribution in [0.25, 0.3) is 0 Å². The van der Waals surface area contributed by atoms with Crippen molar-refractivity contribution in [2.24, 2.45) is 0 Å². The lowest BCUT2D eigenvalue weighted by atomic mass is 10.1. The van der Waals surface area contributed by atoms with Crippen molar-refractivity contribution < 1.29 is 19.7 Å². The summed E-state index contributed by atoms with van der Waals surface area (Å²) >= 11 is 0. The Bertz CT molecular complexity index is 170. The van der Waals surface area contributed by atoms with E-state index in [0.29, 0.717) is 25.4 Å². The predicted octanol–water partition coefficient (Wildman–Crippen LogP) is 3.93. The maximum Gasteiger partial charge on any atom is 0.0698 e. The van der Waals surface area contributed by atoms with Gasteiger partial charge in [-0.25, -0.2) is 0 Å². The molecule has 2 atom stereocenters. The average molecular weight is 321 g/mol. The first-order chi connectivity index (χ1) is 10.6. The molecule has 0 aliphatic rings. The molecule has 22 heavy (non-hydrogen) atoms. The maximum absolute atomic E-state index is 8.09. The SMILES string of the molecule is CCCCCC(C)OC(C)CCCCC.OCCOCCO. The van der Waals surface area contributed by atoms with E-state index in [1.54, 1.807) is 0 Å². The van der Waals surface area contributed by atoms with Gasteiger partial charge in [-0.1, -0.05) is 52.4 Å². The first kappa shape index (κ1) is 24.1.